The number of nitrogens with zero attached hydrogens (tertiary/aromatic N) is 3. The van der Waals surface area contributed by atoms with Gasteiger partial charge in [0.15, 0.2) is 0 Å². The first kappa shape index (κ1) is 28.0. The lowest BCUT2D eigenvalue weighted by Gasteiger charge is -2.44. The van der Waals surface area contributed by atoms with Crippen LogP contribution in [0.2, 0.25) is 0 Å². The molecule has 1 saturated carbocycles. The quantitative estimate of drug-likeness (QED) is 0.329. The molecule has 0 aromatic rings. The fourth-order valence-electron chi connectivity index (χ4n) is 6.58. The molecule has 214 valence electrons. The molecule has 6 atom stereocenters. The van der Waals surface area contributed by atoms with E-state index in [1.54, 1.807) is 12.0 Å². The van der Waals surface area contributed by atoms with E-state index in [2.05, 4.69) is 37.8 Å². The molecule has 0 N–H and O–H groups in total. The SMILES string of the molecule is CO[C@@H]1[C@H](OC(=O)N2CC(=CCN3CCN(CC(F)F)CC3)C2)CC[C@]2(CO2)[C@H]1[C@@]1(C)O[C@@H]1CC=C(C)C. The van der Waals surface area contributed by atoms with Gasteiger partial charge in [-0.05, 0) is 45.6 Å². The number of carbonyl (C=O) groups is 1. The minimum Gasteiger partial charge on any atom is -0.443 e. The van der Waals surface area contributed by atoms with Gasteiger partial charge in [0.2, 0.25) is 0 Å². The highest BCUT2D eigenvalue weighted by atomic mass is 19.3. The zero-order valence-corrected chi connectivity index (χ0v) is 23.2. The predicted molar refractivity (Wildman–Crippen MR) is 138 cm³/mol. The van der Waals surface area contributed by atoms with Crippen LogP contribution >= 0.6 is 0 Å². The number of carbonyl (C=O) groups excluding carboxylic acids is 1. The smallest absolute Gasteiger partial charge is 0.410 e. The van der Waals surface area contributed by atoms with Crippen LogP contribution in [0.1, 0.15) is 40.0 Å². The van der Waals surface area contributed by atoms with E-state index < -0.39 is 6.43 Å². The molecule has 4 saturated heterocycles. The number of methoxy groups -OCH3 is 1. The standard InChI is InChI=1S/C28H43F2N3O5/c1-19(2)5-6-22-27(3,38-22)25-24(35-4)21(7-9-28(25)18-36-28)37-26(34)33-15-20(16-33)8-10-31-11-13-32(14-12-31)17-23(29)30/h5,8,21-25H,6-7,9-18H2,1-4H3/t21-,22-,24-,25-,27+,28+/m1/s1. The molecule has 4 heterocycles. The molecule has 5 fully saturated rings. The molecule has 1 amide bonds. The lowest BCUT2D eigenvalue weighted by Crippen LogP contribution is -2.57. The van der Waals surface area contributed by atoms with Gasteiger partial charge in [0.25, 0.3) is 6.43 Å². The summed E-state index contributed by atoms with van der Waals surface area (Å²) in [7, 11) is 1.69. The second kappa shape index (κ2) is 11.1. The number of alkyl halides is 2. The summed E-state index contributed by atoms with van der Waals surface area (Å²) in [6.07, 6.45) is 3.69. The highest BCUT2D eigenvalue weighted by Gasteiger charge is 2.72. The van der Waals surface area contributed by atoms with Crippen molar-refractivity contribution in [2.45, 2.75) is 76.0 Å². The molecule has 0 bridgehead atoms. The van der Waals surface area contributed by atoms with Gasteiger partial charge in [0, 0.05) is 52.9 Å². The minimum absolute atomic E-state index is 0.00937. The number of amides is 1. The summed E-state index contributed by atoms with van der Waals surface area (Å²) < 4.78 is 49.4. The summed E-state index contributed by atoms with van der Waals surface area (Å²) in [6, 6.07) is 0. The summed E-state index contributed by atoms with van der Waals surface area (Å²) in [5.74, 6) is 0.00937. The molecule has 1 aliphatic carbocycles. The molecule has 4 aliphatic heterocycles. The first-order valence-corrected chi connectivity index (χ1v) is 14.0. The normalized spacial score (nSPS) is 37.2. The predicted octanol–water partition coefficient (Wildman–Crippen LogP) is 3.32. The number of ether oxygens (including phenoxy) is 4. The molecule has 0 aromatic heterocycles. The fourth-order valence-corrected chi connectivity index (χ4v) is 6.58. The maximum atomic E-state index is 13.0. The Hall–Kier alpha value is -1.59. The van der Waals surface area contributed by atoms with Gasteiger partial charge in [-0.25, -0.2) is 13.6 Å². The molecule has 0 aromatic carbocycles. The molecule has 0 unspecified atom stereocenters. The van der Waals surface area contributed by atoms with Crippen molar-refractivity contribution in [2.24, 2.45) is 5.92 Å². The van der Waals surface area contributed by atoms with Gasteiger partial charge >= 0.3 is 6.09 Å². The number of allylic oxidation sites excluding steroid dienone is 1. The molecule has 8 nitrogen and oxygen atoms in total. The Kier molecular flexibility index (Phi) is 8.18. The number of hydrogen-bond donors (Lipinski definition) is 0. The molecule has 1 spiro atoms. The summed E-state index contributed by atoms with van der Waals surface area (Å²) in [5.41, 5.74) is 1.88. The summed E-state index contributed by atoms with van der Waals surface area (Å²) in [4.78, 5) is 18.8. The van der Waals surface area contributed by atoms with Crippen LogP contribution in [0, 0.1) is 5.92 Å². The first-order valence-electron chi connectivity index (χ1n) is 14.0. The maximum absolute atomic E-state index is 13.0. The Morgan fingerprint density at radius 1 is 1.18 bits per heavy atom. The molecule has 5 rings (SSSR count). The Balaban J connectivity index is 1.10. The molecular weight excluding hydrogens is 496 g/mol. The van der Waals surface area contributed by atoms with E-state index in [1.807, 2.05) is 4.90 Å². The summed E-state index contributed by atoms with van der Waals surface area (Å²) >= 11 is 0. The molecule has 10 heteroatoms. The Labute approximate surface area is 224 Å². The van der Waals surface area contributed by atoms with E-state index in [0.717, 1.165) is 32.5 Å². The van der Waals surface area contributed by atoms with Crippen molar-refractivity contribution >= 4 is 6.09 Å². The molecule has 38 heavy (non-hydrogen) atoms. The molecule has 5 aliphatic rings. The Bertz CT molecular complexity index is 921. The monoisotopic (exact) mass is 539 g/mol. The van der Waals surface area contributed by atoms with Gasteiger partial charge in [-0.3, -0.25) is 9.80 Å². The van der Waals surface area contributed by atoms with Gasteiger partial charge < -0.3 is 23.8 Å². The fraction of sp³-hybridized carbons (Fsp3) is 0.821. The van der Waals surface area contributed by atoms with Crippen LogP contribution in [0.4, 0.5) is 13.6 Å². The maximum Gasteiger partial charge on any atom is 0.410 e. The second-order valence-corrected chi connectivity index (χ2v) is 12.0. The van der Waals surface area contributed by atoms with Crippen molar-refractivity contribution in [1.29, 1.82) is 0 Å². The van der Waals surface area contributed by atoms with Crippen LogP contribution in [0.3, 0.4) is 0 Å². The van der Waals surface area contributed by atoms with Crippen molar-refractivity contribution in [2.75, 3.05) is 66.1 Å². The summed E-state index contributed by atoms with van der Waals surface area (Å²) in [5, 5.41) is 0. The van der Waals surface area contributed by atoms with Crippen molar-refractivity contribution in [3.63, 3.8) is 0 Å². The lowest BCUT2D eigenvalue weighted by atomic mass is 9.68. The van der Waals surface area contributed by atoms with Gasteiger partial charge in [-0.2, -0.15) is 0 Å². The van der Waals surface area contributed by atoms with E-state index in [4.69, 9.17) is 18.9 Å². The first-order chi connectivity index (χ1) is 18.1. The number of halogens is 2. The highest BCUT2D eigenvalue weighted by Crippen LogP contribution is 2.59. The highest BCUT2D eigenvalue weighted by molar-refractivity contribution is 5.70. The number of rotatable bonds is 9. The van der Waals surface area contributed by atoms with Crippen LogP contribution in [0.15, 0.2) is 23.3 Å². The number of likely N-dealkylation sites (tertiary alicyclic amines) is 1. The van der Waals surface area contributed by atoms with E-state index in [9.17, 15) is 13.6 Å². The molecular formula is C28H43F2N3O5. The average molecular weight is 540 g/mol. The zero-order chi connectivity index (χ0) is 27.1. The van der Waals surface area contributed by atoms with Crippen LogP contribution in [-0.4, -0.2) is 123 Å². The third-order valence-electron chi connectivity index (χ3n) is 9.03. The van der Waals surface area contributed by atoms with Gasteiger partial charge in [0.1, 0.15) is 23.4 Å². The third kappa shape index (κ3) is 5.94. The van der Waals surface area contributed by atoms with Crippen LogP contribution in [0.25, 0.3) is 0 Å². The average Bonchev–Trinajstić information content (AvgIpc) is 3.75. The van der Waals surface area contributed by atoms with Crippen molar-refractivity contribution < 1.29 is 32.5 Å². The number of epoxide rings is 2. The molecule has 0 radical (unpaired) electrons. The van der Waals surface area contributed by atoms with Crippen LogP contribution in [0.5, 0.6) is 0 Å². The van der Waals surface area contributed by atoms with Gasteiger partial charge in [-0.1, -0.05) is 17.7 Å². The Morgan fingerprint density at radius 3 is 2.47 bits per heavy atom. The van der Waals surface area contributed by atoms with Crippen molar-refractivity contribution in [1.82, 2.24) is 14.7 Å². The second-order valence-electron chi connectivity index (χ2n) is 12.0. The summed E-state index contributed by atoms with van der Waals surface area (Å²) in [6.45, 7) is 11.7. The topological polar surface area (TPSA) is 70.3 Å². The third-order valence-corrected chi connectivity index (χ3v) is 9.03. The van der Waals surface area contributed by atoms with Gasteiger partial charge in [0.05, 0.1) is 25.2 Å². The van der Waals surface area contributed by atoms with E-state index in [-0.39, 0.29) is 48.1 Å². The van der Waals surface area contributed by atoms with Crippen LogP contribution in [-0.2, 0) is 18.9 Å². The van der Waals surface area contributed by atoms with Crippen LogP contribution < -0.4 is 0 Å². The van der Waals surface area contributed by atoms with Gasteiger partial charge in [-0.15, -0.1) is 0 Å². The van der Waals surface area contributed by atoms with E-state index in [0.29, 0.717) is 39.2 Å². The van der Waals surface area contributed by atoms with E-state index >= 15 is 0 Å². The Morgan fingerprint density at radius 2 is 1.87 bits per heavy atom. The largest absolute Gasteiger partial charge is 0.443 e. The minimum atomic E-state index is -2.28. The zero-order valence-electron chi connectivity index (χ0n) is 23.2. The number of hydrogen-bond acceptors (Lipinski definition) is 7. The van der Waals surface area contributed by atoms with Crippen molar-refractivity contribution in [3.8, 4) is 0 Å². The number of piperazine rings is 1. The lowest BCUT2D eigenvalue weighted by molar-refractivity contribution is -0.122. The van der Waals surface area contributed by atoms with E-state index in [1.165, 1.54) is 11.1 Å². The van der Waals surface area contributed by atoms with Crippen molar-refractivity contribution in [3.05, 3.63) is 23.3 Å².